The van der Waals surface area contributed by atoms with Crippen LogP contribution in [-0.4, -0.2) is 31.3 Å². The van der Waals surface area contributed by atoms with Gasteiger partial charge in [0.1, 0.15) is 11.3 Å². The number of hydrogen-bond acceptors (Lipinski definition) is 6. The van der Waals surface area contributed by atoms with Crippen LogP contribution in [0.15, 0.2) is 36.7 Å². The van der Waals surface area contributed by atoms with Crippen LogP contribution in [0.2, 0.25) is 0 Å². The van der Waals surface area contributed by atoms with Crippen LogP contribution in [0.4, 0.5) is 5.13 Å². The summed E-state index contributed by atoms with van der Waals surface area (Å²) in [5.74, 6) is -0.260. The second-order valence-electron chi connectivity index (χ2n) is 3.57. The molecule has 0 spiro atoms. The third-order valence-electron chi connectivity index (χ3n) is 2.30. The zero-order chi connectivity index (χ0) is 13.1. The molecule has 19 heavy (non-hydrogen) atoms. The molecular formula is C11H8N6OS. The zero-order valence-electron chi connectivity index (χ0n) is 9.57. The molecule has 0 radical (unpaired) electrons. The van der Waals surface area contributed by atoms with E-state index in [1.165, 1.54) is 17.7 Å². The fourth-order valence-corrected chi connectivity index (χ4v) is 2.19. The van der Waals surface area contributed by atoms with E-state index in [4.69, 9.17) is 0 Å². The molecule has 0 saturated heterocycles. The summed E-state index contributed by atoms with van der Waals surface area (Å²) < 4.78 is 0. The minimum Gasteiger partial charge on any atom is -0.294 e. The molecule has 94 valence electrons. The molecule has 7 nitrogen and oxygen atoms in total. The van der Waals surface area contributed by atoms with Crippen molar-refractivity contribution in [2.45, 2.75) is 0 Å². The maximum Gasteiger partial charge on any atom is 0.294 e. The van der Waals surface area contributed by atoms with E-state index in [2.05, 4.69) is 30.7 Å². The summed E-state index contributed by atoms with van der Waals surface area (Å²) in [7, 11) is 0. The number of aromatic amines is 1. The smallest absolute Gasteiger partial charge is 0.294 e. The molecule has 0 saturated carbocycles. The number of hydrogen-bond donors (Lipinski definition) is 2. The van der Waals surface area contributed by atoms with Crippen molar-refractivity contribution in [1.29, 1.82) is 0 Å². The molecule has 3 rings (SSSR count). The fourth-order valence-electron chi connectivity index (χ4n) is 1.44. The van der Waals surface area contributed by atoms with Crippen molar-refractivity contribution in [3.8, 4) is 10.6 Å². The monoisotopic (exact) mass is 272 g/mol. The van der Waals surface area contributed by atoms with E-state index in [9.17, 15) is 4.79 Å². The summed E-state index contributed by atoms with van der Waals surface area (Å²) in [5, 5.41) is 17.8. The molecule has 0 atom stereocenters. The SMILES string of the molecule is O=C(Nc1nnc(-c2ccccc2)s1)c1ncn[nH]1. The molecule has 0 unspecified atom stereocenters. The lowest BCUT2D eigenvalue weighted by molar-refractivity contribution is 0.101. The average molecular weight is 272 g/mol. The van der Waals surface area contributed by atoms with Gasteiger partial charge in [-0.1, -0.05) is 41.7 Å². The van der Waals surface area contributed by atoms with Crippen molar-refractivity contribution >= 4 is 22.4 Å². The van der Waals surface area contributed by atoms with Gasteiger partial charge in [-0.25, -0.2) is 4.98 Å². The van der Waals surface area contributed by atoms with E-state index in [1.807, 2.05) is 30.3 Å². The van der Waals surface area contributed by atoms with Gasteiger partial charge in [0.25, 0.3) is 5.91 Å². The number of benzene rings is 1. The Hall–Kier alpha value is -2.61. The maximum absolute atomic E-state index is 11.7. The third kappa shape index (κ3) is 2.47. The van der Waals surface area contributed by atoms with E-state index in [0.717, 1.165) is 10.6 Å². The van der Waals surface area contributed by atoms with Crippen molar-refractivity contribution in [2.24, 2.45) is 0 Å². The van der Waals surface area contributed by atoms with Crippen molar-refractivity contribution in [3.05, 3.63) is 42.5 Å². The van der Waals surface area contributed by atoms with Gasteiger partial charge in [-0.3, -0.25) is 15.2 Å². The van der Waals surface area contributed by atoms with Crippen LogP contribution in [0.3, 0.4) is 0 Å². The molecule has 0 bridgehead atoms. The summed E-state index contributed by atoms with van der Waals surface area (Å²) in [4.78, 5) is 15.5. The first-order valence-electron chi connectivity index (χ1n) is 5.38. The number of aromatic nitrogens is 5. The van der Waals surface area contributed by atoms with Crippen LogP contribution in [0, 0.1) is 0 Å². The molecular weight excluding hydrogens is 264 g/mol. The van der Waals surface area contributed by atoms with E-state index in [-0.39, 0.29) is 5.82 Å². The van der Waals surface area contributed by atoms with Crippen molar-refractivity contribution in [3.63, 3.8) is 0 Å². The van der Waals surface area contributed by atoms with Gasteiger partial charge in [0.05, 0.1) is 0 Å². The molecule has 0 aliphatic carbocycles. The Balaban J connectivity index is 1.77. The summed E-state index contributed by atoms with van der Waals surface area (Å²) in [6, 6.07) is 9.63. The Kier molecular flexibility index (Phi) is 2.99. The van der Waals surface area contributed by atoms with Crippen LogP contribution in [0.1, 0.15) is 10.6 Å². The topological polar surface area (TPSA) is 96.5 Å². The highest BCUT2D eigenvalue weighted by Gasteiger charge is 2.12. The lowest BCUT2D eigenvalue weighted by atomic mass is 10.2. The Morgan fingerprint density at radius 3 is 2.79 bits per heavy atom. The summed E-state index contributed by atoms with van der Waals surface area (Å²) in [5.41, 5.74) is 0.958. The number of rotatable bonds is 3. The largest absolute Gasteiger partial charge is 0.294 e. The summed E-state index contributed by atoms with van der Waals surface area (Å²) in [6.45, 7) is 0. The van der Waals surface area contributed by atoms with E-state index in [0.29, 0.717) is 5.13 Å². The number of nitrogens with zero attached hydrogens (tertiary/aromatic N) is 4. The highest BCUT2D eigenvalue weighted by atomic mass is 32.1. The van der Waals surface area contributed by atoms with Crippen LogP contribution in [-0.2, 0) is 0 Å². The molecule has 3 aromatic rings. The molecule has 1 aromatic carbocycles. The second kappa shape index (κ2) is 4.94. The fraction of sp³-hybridized carbons (Fsp3) is 0. The van der Waals surface area contributed by atoms with E-state index < -0.39 is 5.91 Å². The minimum atomic E-state index is -0.395. The molecule has 8 heteroatoms. The third-order valence-corrected chi connectivity index (χ3v) is 3.18. The average Bonchev–Trinajstić information content (AvgIpc) is 3.11. The minimum absolute atomic E-state index is 0.136. The van der Waals surface area contributed by atoms with Gasteiger partial charge in [-0.15, -0.1) is 10.2 Å². The Morgan fingerprint density at radius 1 is 1.21 bits per heavy atom. The Labute approximate surface area is 111 Å². The van der Waals surface area contributed by atoms with Crippen molar-refractivity contribution < 1.29 is 4.79 Å². The number of carbonyl (C=O) groups is 1. The normalized spacial score (nSPS) is 10.3. The first-order valence-corrected chi connectivity index (χ1v) is 6.20. The van der Waals surface area contributed by atoms with Gasteiger partial charge in [0, 0.05) is 5.56 Å². The number of nitrogens with one attached hydrogen (secondary N) is 2. The maximum atomic E-state index is 11.7. The number of anilines is 1. The van der Waals surface area contributed by atoms with Gasteiger partial charge in [-0.2, -0.15) is 5.10 Å². The van der Waals surface area contributed by atoms with Gasteiger partial charge in [0.2, 0.25) is 11.0 Å². The molecule has 0 aliphatic heterocycles. The van der Waals surface area contributed by atoms with Crippen molar-refractivity contribution in [1.82, 2.24) is 25.4 Å². The molecule has 2 N–H and O–H groups in total. The summed E-state index contributed by atoms with van der Waals surface area (Å²) in [6.07, 6.45) is 1.27. The van der Waals surface area contributed by atoms with Gasteiger partial charge in [0.15, 0.2) is 0 Å². The number of H-pyrrole nitrogens is 1. The second-order valence-corrected chi connectivity index (χ2v) is 4.54. The zero-order valence-corrected chi connectivity index (χ0v) is 10.4. The van der Waals surface area contributed by atoms with Crippen LogP contribution in [0.5, 0.6) is 0 Å². The van der Waals surface area contributed by atoms with Gasteiger partial charge >= 0.3 is 0 Å². The van der Waals surface area contributed by atoms with E-state index in [1.54, 1.807) is 0 Å². The predicted octanol–water partition coefficient (Wildman–Crippen LogP) is 1.58. The van der Waals surface area contributed by atoms with Crippen LogP contribution < -0.4 is 5.32 Å². The Morgan fingerprint density at radius 2 is 2.05 bits per heavy atom. The van der Waals surface area contributed by atoms with Crippen LogP contribution in [0.25, 0.3) is 10.6 Å². The molecule has 1 amide bonds. The lowest BCUT2D eigenvalue weighted by Gasteiger charge is -1.95. The van der Waals surface area contributed by atoms with Crippen LogP contribution >= 0.6 is 11.3 Å². The van der Waals surface area contributed by atoms with Gasteiger partial charge < -0.3 is 0 Å². The molecule has 2 aromatic heterocycles. The molecule has 0 fully saturated rings. The van der Waals surface area contributed by atoms with Gasteiger partial charge in [-0.05, 0) is 0 Å². The number of amides is 1. The first-order chi connectivity index (χ1) is 9.33. The highest BCUT2D eigenvalue weighted by molar-refractivity contribution is 7.18. The first kappa shape index (κ1) is 11.5. The lowest BCUT2D eigenvalue weighted by Crippen LogP contribution is -2.13. The van der Waals surface area contributed by atoms with E-state index >= 15 is 0 Å². The quantitative estimate of drug-likeness (QED) is 0.754. The summed E-state index contributed by atoms with van der Waals surface area (Å²) >= 11 is 1.30. The molecule has 0 aliphatic rings. The standard InChI is InChI=1S/C11H8N6OS/c18-9(8-12-6-13-15-8)14-11-17-16-10(19-11)7-4-2-1-3-5-7/h1-6H,(H,12,13,15)(H,14,17,18). The predicted molar refractivity (Wildman–Crippen MR) is 69.7 cm³/mol. The Bertz CT molecular complexity index is 678. The van der Waals surface area contributed by atoms with Crippen molar-refractivity contribution in [2.75, 3.05) is 5.32 Å². The molecule has 2 heterocycles. The highest BCUT2D eigenvalue weighted by Crippen LogP contribution is 2.25. The number of carbonyl (C=O) groups excluding carboxylic acids is 1.